The van der Waals surface area contributed by atoms with E-state index in [9.17, 15) is 4.79 Å². The molecule has 2 aromatic rings. The van der Waals surface area contributed by atoms with Crippen molar-refractivity contribution in [3.05, 3.63) is 36.2 Å². The molecular weight excluding hydrogens is 292 g/mol. The van der Waals surface area contributed by atoms with Crippen molar-refractivity contribution in [2.45, 2.75) is 31.2 Å². The van der Waals surface area contributed by atoms with E-state index in [4.69, 9.17) is 4.42 Å². The average Bonchev–Trinajstić information content (AvgIpc) is 3.13. The van der Waals surface area contributed by atoms with E-state index in [0.717, 1.165) is 44.5 Å². The minimum Gasteiger partial charge on any atom is -0.420 e. The Hall–Kier alpha value is -2.21. The van der Waals surface area contributed by atoms with Gasteiger partial charge in [0, 0.05) is 18.7 Å². The molecule has 0 spiro atoms. The molecule has 2 fully saturated rings. The number of rotatable bonds is 4. The van der Waals surface area contributed by atoms with Gasteiger partial charge in [-0.1, -0.05) is 18.2 Å². The second-order valence-electron chi connectivity index (χ2n) is 6.50. The zero-order valence-corrected chi connectivity index (χ0v) is 13.0. The lowest BCUT2D eigenvalue weighted by Crippen LogP contribution is -2.53. The Morgan fingerprint density at radius 3 is 2.96 bits per heavy atom. The van der Waals surface area contributed by atoms with E-state index in [-0.39, 0.29) is 17.9 Å². The van der Waals surface area contributed by atoms with E-state index in [1.165, 1.54) is 0 Å². The Morgan fingerprint density at radius 1 is 1.22 bits per heavy atom. The molecule has 6 nitrogen and oxygen atoms in total. The van der Waals surface area contributed by atoms with Crippen molar-refractivity contribution < 1.29 is 9.21 Å². The summed E-state index contributed by atoms with van der Waals surface area (Å²) in [6, 6.07) is 9.58. The first-order valence-corrected chi connectivity index (χ1v) is 8.14. The fourth-order valence-corrected chi connectivity index (χ4v) is 3.66. The van der Waals surface area contributed by atoms with Crippen molar-refractivity contribution in [1.82, 2.24) is 20.4 Å². The van der Waals surface area contributed by atoms with E-state index in [0.29, 0.717) is 11.8 Å². The van der Waals surface area contributed by atoms with Gasteiger partial charge in [-0.2, -0.15) is 0 Å². The van der Waals surface area contributed by atoms with Crippen molar-refractivity contribution in [3.63, 3.8) is 0 Å². The summed E-state index contributed by atoms with van der Waals surface area (Å²) in [4.78, 5) is 14.8. The molecule has 0 aliphatic carbocycles. The van der Waals surface area contributed by atoms with Crippen LogP contribution in [0.2, 0.25) is 0 Å². The van der Waals surface area contributed by atoms with Crippen LogP contribution >= 0.6 is 0 Å². The van der Waals surface area contributed by atoms with Crippen molar-refractivity contribution >= 4 is 5.91 Å². The van der Waals surface area contributed by atoms with Crippen LogP contribution in [-0.4, -0.2) is 46.2 Å². The highest BCUT2D eigenvalue weighted by molar-refractivity contribution is 5.78. The quantitative estimate of drug-likeness (QED) is 0.929. The third kappa shape index (κ3) is 2.99. The van der Waals surface area contributed by atoms with Gasteiger partial charge in [-0.25, -0.2) is 0 Å². The minimum atomic E-state index is -0.0440. The number of nitrogens with zero attached hydrogens (tertiary/aromatic N) is 3. The number of piperidine rings is 1. The Kier molecular flexibility index (Phi) is 3.61. The zero-order chi connectivity index (χ0) is 15.7. The lowest BCUT2D eigenvalue weighted by Gasteiger charge is -2.34. The van der Waals surface area contributed by atoms with E-state index < -0.39 is 0 Å². The maximum absolute atomic E-state index is 12.4. The van der Waals surface area contributed by atoms with Gasteiger partial charge < -0.3 is 14.6 Å². The second-order valence-corrected chi connectivity index (χ2v) is 6.50. The number of carbonyl (C=O) groups is 1. The summed E-state index contributed by atoms with van der Waals surface area (Å²) in [6.07, 6.45) is 3.40. The average molecular weight is 312 g/mol. The molecule has 2 aliphatic heterocycles. The molecule has 4 rings (SSSR count). The number of benzene rings is 1. The first-order valence-electron chi connectivity index (χ1n) is 8.14. The van der Waals surface area contributed by atoms with Crippen LogP contribution in [0.25, 0.3) is 11.5 Å². The molecule has 23 heavy (non-hydrogen) atoms. The molecule has 0 radical (unpaired) electrons. The summed E-state index contributed by atoms with van der Waals surface area (Å²) in [5.74, 6) is 0.789. The first-order chi connectivity index (χ1) is 11.2. The van der Waals surface area contributed by atoms with Gasteiger partial charge in [0.25, 0.3) is 0 Å². The number of amides is 1. The Balaban J connectivity index is 1.40. The van der Waals surface area contributed by atoms with E-state index in [1.54, 1.807) is 0 Å². The summed E-state index contributed by atoms with van der Waals surface area (Å²) in [6.45, 7) is 3.21. The summed E-state index contributed by atoms with van der Waals surface area (Å²) < 4.78 is 5.61. The molecule has 6 heteroatoms. The minimum absolute atomic E-state index is 0.0305. The van der Waals surface area contributed by atoms with Gasteiger partial charge in [-0.3, -0.25) is 4.79 Å². The number of fused-ring (bicyclic) bond motifs is 2. The van der Waals surface area contributed by atoms with Crippen molar-refractivity contribution in [2.24, 2.45) is 0 Å². The third-order valence-electron chi connectivity index (χ3n) is 4.77. The van der Waals surface area contributed by atoms with Gasteiger partial charge in [0.2, 0.25) is 17.7 Å². The molecule has 1 aromatic carbocycles. The van der Waals surface area contributed by atoms with E-state index >= 15 is 0 Å². The van der Waals surface area contributed by atoms with Crippen molar-refractivity contribution in [3.8, 4) is 11.5 Å². The van der Waals surface area contributed by atoms with Gasteiger partial charge in [0.1, 0.15) is 6.42 Å². The summed E-state index contributed by atoms with van der Waals surface area (Å²) >= 11 is 0. The predicted octanol–water partition coefficient (Wildman–Crippen LogP) is 1.63. The maximum atomic E-state index is 12.4. The van der Waals surface area contributed by atoms with Crippen LogP contribution in [0.4, 0.5) is 0 Å². The SMILES string of the molecule is O=C(Cc1nnc(-c2ccccc2)o1)NC12CCCN(CC1)C2. The first kappa shape index (κ1) is 14.4. The number of hydrogen-bond acceptors (Lipinski definition) is 5. The van der Waals surface area contributed by atoms with Gasteiger partial charge in [0.15, 0.2) is 0 Å². The van der Waals surface area contributed by atoms with E-state index in [2.05, 4.69) is 20.4 Å². The van der Waals surface area contributed by atoms with Crippen LogP contribution in [0.15, 0.2) is 34.7 Å². The molecule has 3 heterocycles. The fraction of sp³-hybridized carbons (Fsp3) is 0.471. The molecule has 2 bridgehead atoms. The molecule has 2 unspecified atom stereocenters. The second kappa shape index (κ2) is 5.77. The lowest BCUT2D eigenvalue weighted by molar-refractivity contribution is -0.122. The molecule has 2 saturated heterocycles. The monoisotopic (exact) mass is 312 g/mol. The van der Waals surface area contributed by atoms with Crippen LogP contribution in [0, 0.1) is 0 Å². The Labute approximate surface area is 134 Å². The molecule has 2 atom stereocenters. The summed E-state index contributed by atoms with van der Waals surface area (Å²) in [7, 11) is 0. The predicted molar refractivity (Wildman–Crippen MR) is 84.6 cm³/mol. The standard InChI is InChI=1S/C17H20N4O2/c22-14(18-17-7-4-9-21(12-17)10-8-17)11-15-19-20-16(23-15)13-5-2-1-3-6-13/h1-3,5-6H,4,7-12H2,(H,18,22). The number of nitrogens with one attached hydrogen (secondary N) is 1. The Morgan fingerprint density at radius 2 is 2.09 bits per heavy atom. The van der Waals surface area contributed by atoms with Crippen LogP contribution in [0.1, 0.15) is 25.2 Å². The highest BCUT2D eigenvalue weighted by atomic mass is 16.4. The van der Waals surface area contributed by atoms with Gasteiger partial charge in [0.05, 0.1) is 5.54 Å². The topological polar surface area (TPSA) is 71.3 Å². The molecule has 1 N–H and O–H groups in total. The molecule has 120 valence electrons. The maximum Gasteiger partial charge on any atom is 0.247 e. The van der Waals surface area contributed by atoms with Gasteiger partial charge in [-0.15, -0.1) is 10.2 Å². The van der Waals surface area contributed by atoms with Crippen LogP contribution in [0.5, 0.6) is 0 Å². The summed E-state index contributed by atoms with van der Waals surface area (Å²) in [5.41, 5.74) is 0.821. The van der Waals surface area contributed by atoms with Crippen LogP contribution in [-0.2, 0) is 11.2 Å². The van der Waals surface area contributed by atoms with Gasteiger partial charge >= 0.3 is 0 Å². The molecule has 1 amide bonds. The van der Waals surface area contributed by atoms with Crippen LogP contribution in [0.3, 0.4) is 0 Å². The lowest BCUT2D eigenvalue weighted by atomic mass is 9.90. The highest BCUT2D eigenvalue weighted by Gasteiger charge is 2.41. The number of hydrogen-bond donors (Lipinski definition) is 1. The smallest absolute Gasteiger partial charge is 0.247 e. The fourth-order valence-electron chi connectivity index (χ4n) is 3.66. The van der Waals surface area contributed by atoms with Gasteiger partial charge in [-0.05, 0) is 37.9 Å². The zero-order valence-electron chi connectivity index (χ0n) is 13.0. The molecular formula is C17H20N4O2. The molecule has 2 aliphatic rings. The molecule has 0 saturated carbocycles. The third-order valence-corrected chi connectivity index (χ3v) is 4.77. The normalized spacial score (nSPS) is 26.2. The largest absolute Gasteiger partial charge is 0.420 e. The highest BCUT2D eigenvalue weighted by Crippen LogP contribution is 2.31. The van der Waals surface area contributed by atoms with Crippen LogP contribution < -0.4 is 5.32 Å². The van der Waals surface area contributed by atoms with Crippen molar-refractivity contribution in [2.75, 3.05) is 19.6 Å². The Bertz CT molecular complexity index is 696. The number of carbonyl (C=O) groups excluding carboxylic acids is 1. The van der Waals surface area contributed by atoms with E-state index in [1.807, 2.05) is 30.3 Å². The van der Waals surface area contributed by atoms with Crippen molar-refractivity contribution in [1.29, 1.82) is 0 Å². The number of aromatic nitrogens is 2. The molecule has 1 aromatic heterocycles. The summed E-state index contributed by atoms with van der Waals surface area (Å²) in [5, 5.41) is 11.2.